The van der Waals surface area contributed by atoms with Gasteiger partial charge in [0.25, 0.3) is 5.91 Å². The number of carbonyl (C=O) groups is 1. The van der Waals surface area contributed by atoms with Crippen molar-refractivity contribution in [2.75, 3.05) is 5.32 Å². The number of hydrogen-bond donors (Lipinski definition) is 1. The normalized spacial score (nSPS) is 10.5. The maximum Gasteiger partial charge on any atom is 0.260 e. The van der Waals surface area contributed by atoms with Crippen molar-refractivity contribution in [1.82, 2.24) is 4.98 Å². The van der Waals surface area contributed by atoms with Crippen LogP contribution in [0.25, 0.3) is 0 Å². The SMILES string of the molecule is CCc1cnccc1NC(=O)c1c(C)oc(C)c1Br. The number of pyridine rings is 1. The number of furan rings is 1. The lowest BCUT2D eigenvalue weighted by Gasteiger charge is -2.08. The molecule has 0 aromatic carbocycles. The number of anilines is 1. The summed E-state index contributed by atoms with van der Waals surface area (Å²) in [4.78, 5) is 16.4. The fraction of sp³-hybridized carbons (Fsp3) is 0.286. The van der Waals surface area contributed by atoms with Crippen molar-refractivity contribution < 1.29 is 9.21 Å². The van der Waals surface area contributed by atoms with Crippen molar-refractivity contribution in [3.63, 3.8) is 0 Å². The molecule has 0 radical (unpaired) electrons. The average Bonchev–Trinajstić information content (AvgIpc) is 2.64. The predicted octanol–water partition coefficient (Wildman–Crippen LogP) is 3.87. The van der Waals surface area contributed by atoms with E-state index in [-0.39, 0.29) is 5.91 Å². The van der Waals surface area contributed by atoms with Crippen LogP contribution in [0.3, 0.4) is 0 Å². The fourth-order valence-corrected chi connectivity index (χ4v) is 2.47. The van der Waals surface area contributed by atoms with Gasteiger partial charge in [0.1, 0.15) is 11.5 Å². The Balaban J connectivity index is 2.31. The first-order valence-corrected chi connectivity index (χ1v) is 6.83. The van der Waals surface area contributed by atoms with E-state index in [2.05, 4.69) is 26.2 Å². The van der Waals surface area contributed by atoms with Gasteiger partial charge in [-0.15, -0.1) is 0 Å². The molecular weight excluding hydrogens is 308 g/mol. The molecular formula is C14H15BrN2O2. The number of halogens is 1. The van der Waals surface area contributed by atoms with E-state index in [1.54, 1.807) is 25.4 Å². The maximum atomic E-state index is 12.3. The summed E-state index contributed by atoms with van der Waals surface area (Å²) in [7, 11) is 0. The van der Waals surface area contributed by atoms with Gasteiger partial charge in [-0.25, -0.2) is 0 Å². The third-order valence-electron chi connectivity index (χ3n) is 2.95. The molecule has 2 heterocycles. The summed E-state index contributed by atoms with van der Waals surface area (Å²) in [5, 5.41) is 2.90. The van der Waals surface area contributed by atoms with Gasteiger partial charge in [-0.2, -0.15) is 0 Å². The largest absolute Gasteiger partial charge is 0.465 e. The van der Waals surface area contributed by atoms with E-state index in [0.717, 1.165) is 17.7 Å². The van der Waals surface area contributed by atoms with Gasteiger partial charge in [-0.05, 0) is 47.8 Å². The molecule has 2 rings (SSSR count). The molecule has 1 N–H and O–H groups in total. The van der Waals surface area contributed by atoms with Gasteiger partial charge in [0.15, 0.2) is 0 Å². The third kappa shape index (κ3) is 2.71. The lowest BCUT2D eigenvalue weighted by Crippen LogP contribution is -2.14. The highest BCUT2D eigenvalue weighted by Gasteiger charge is 2.20. The summed E-state index contributed by atoms with van der Waals surface area (Å²) < 4.78 is 6.14. The Morgan fingerprint density at radius 1 is 1.42 bits per heavy atom. The molecule has 1 amide bonds. The molecule has 5 heteroatoms. The van der Waals surface area contributed by atoms with E-state index < -0.39 is 0 Å². The molecule has 0 aliphatic rings. The maximum absolute atomic E-state index is 12.3. The van der Waals surface area contributed by atoms with E-state index in [1.807, 2.05) is 13.8 Å². The predicted molar refractivity (Wildman–Crippen MR) is 77.5 cm³/mol. The first-order valence-electron chi connectivity index (χ1n) is 6.04. The summed E-state index contributed by atoms with van der Waals surface area (Å²) in [6, 6.07) is 1.80. The highest BCUT2D eigenvalue weighted by atomic mass is 79.9. The van der Waals surface area contributed by atoms with Crippen LogP contribution in [0.1, 0.15) is 34.4 Å². The molecule has 0 fully saturated rings. The van der Waals surface area contributed by atoms with Gasteiger partial charge < -0.3 is 9.73 Å². The molecule has 0 aliphatic heterocycles. The molecule has 2 aromatic rings. The Kier molecular flexibility index (Phi) is 4.04. The number of aryl methyl sites for hydroxylation is 3. The molecule has 0 atom stereocenters. The van der Waals surface area contributed by atoms with Crippen LogP contribution in [-0.4, -0.2) is 10.9 Å². The Morgan fingerprint density at radius 3 is 2.74 bits per heavy atom. The highest BCUT2D eigenvalue weighted by Crippen LogP contribution is 2.28. The van der Waals surface area contributed by atoms with Gasteiger partial charge in [0.05, 0.1) is 10.0 Å². The van der Waals surface area contributed by atoms with Crippen LogP contribution in [0, 0.1) is 13.8 Å². The van der Waals surface area contributed by atoms with Crippen LogP contribution in [0.2, 0.25) is 0 Å². The van der Waals surface area contributed by atoms with Crippen LogP contribution in [0.15, 0.2) is 27.3 Å². The molecule has 2 aromatic heterocycles. The van der Waals surface area contributed by atoms with Crippen LogP contribution in [-0.2, 0) is 6.42 Å². The Morgan fingerprint density at radius 2 is 2.16 bits per heavy atom. The zero-order valence-corrected chi connectivity index (χ0v) is 12.7. The van der Waals surface area contributed by atoms with Crippen LogP contribution >= 0.6 is 15.9 Å². The van der Waals surface area contributed by atoms with Crippen molar-refractivity contribution in [3.8, 4) is 0 Å². The number of hydrogen-bond acceptors (Lipinski definition) is 3. The molecule has 0 aliphatic carbocycles. The van der Waals surface area contributed by atoms with Gasteiger partial charge >= 0.3 is 0 Å². The summed E-state index contributed by atoms with van der Waals surface area (Å²) in [5.74, 6) is 1.13. The highest BCUT2D eigenvalue weighted by molar-refractivity contribution is 9.10. The molecule has 0 bridgehead atoms. The summed E-state index contributed by atoms with van der Waals surface area (Å²) in [6.45, 7) is 5.62. The average molecular weight is 323 g/mol. The van der Waals surface area contributed by atoms with Gasteiger partial charge in [0, 0.05) is 18.1 Å². The number of amides is 1. The number of nitrogens with zero attached hydrogens (tertiary/aromatic N) is 1. The van der Waals surface area contributed by atoms with Crippen LogP contribution < -0.4 is 5.32 Å². The molecule has 0 unspecified atom stereocenters. The van der Waals surface area contributed by atoms with E-state index in [1.165, 1.54) is 0 Å². The zero-order valence-electron chi connectivity index (χ0n) is 11.1. The van der Waals surface area contributed by atoms with E-state index >= 15 is 0 Å². The lowest BCUT2D eigenvalue weighted by atomic mass is 10.1. The van der Waals surface area contributed by atoms with Crippen LogP contribution in [0.5, 0.6) is 0 Å². The molecule has 0 spiro atoms. The Labute approximate surface area is 120 Å². The summed E-state index contributed by atoms with van der Waals surface area (Å²) in [5.41, 5.74) is 2.33. The topological polar surface area (TPSA) is 55.1 Å². The number of rotatable bonds is 3. The fourth-order valence-electron chi connectivity index (χ4n) is 1.93. The van der Waals surface area contributed by atoms with Gasteiger partial charge in [-0.3, -0.25) is 9.78 Å². The second-order valence-corrected chi connectivity index (χ2v) is 5.04. The van der Waals surface area contributed by atoms with E-state index in [9.17, 15) is 4.79 Å². The number of nitrogens with one attached hydrogen (secondary N) is 1. The standard InChI is InChI=1S/C14H15BrN2O2/c1-4-10-7-16-6-5-11(10)17-14(18)12-8(2)19-9(3)13(12)15/h5-7H,4H2,1-3H3,(H,16,17,18). The quantitative estimate of drug-likeness (QED) is 0.933. The summed E-state index contributed by atoms with van der Waals surface area (Å²) in [6.07, 6.45) is 4.24. The minimum atomic E-state index is -0.179. The molecule has 19 heavy (non-hydrogen) atoms. The number of carbonyl (C=O) groups excluding carboxylic acids is 1. The molecule has 4 nitrogen and oxygen atoms in total. The van der Waals surface area contributed by atoms with Gasteiger partial charge in [-0.1, -0.05) is 6.92 Å². The third-order valence-corrected chi connectivity index (χ3v) is 3.90. The lowest BCUT2D eigenvalue weighted by molar-refractivity contribution is 0.102. The Bertz CT molecular complexity index is 620. The van der Waals surface area contributed by atoms with E-state index in [0.29, 0.717) is 21.6 Å². The monoisotopic (exact) mass is 322 g/mol. The summed E-state index contributed by atoms with van der Waals surface area (Å²) >= 11 is 3.38. The second kappa shape index (κ2) is 5.57. The second-order valence-electron chi connectivity index (χ2n) is 4.24. The van der Waals surface area contributed by atoms with Crippen molar-refractivity contribution in [3.05, 3.63) is 45.6 Å². The van der Waals surface area contributed by atoms with Crippen LogP contribution in [0.4, 0.5) is 5.69 Å². The van der Waals surface area contributed by atoms with E-state index in [4.69, 9.17) is 4.42 Å². The molecule has 0 saturated heterocycles. The molecule has 0 saturated carbocycles. The number of aromatic nitrogens is 1. The van der Waals surface area contributed by atoms with Crippen molar-refractivity contribution >= 4 is 27.5 Å². The van der Waals surface area contributed by atoms with Crippen molar-refractivity contribution in [2.45, 2.75) is 27.2 Å². The zero-order chi connectivity index (χ0) is 14.0. The first-order chi connectivity index (χ1) is 9.04. The van der Waals surface area contributed by atoms with Crippen molar-refractivity contribution in [1.29, 1.82) is 0 Å². The first kappa shape index (κ1) is 13.8. The smallest absolute Gasteiger partial charge is 0.260 e. The minimum absolute atomic E-state index is 0.179. The van der Waals surface area contributed by atoms with Crippen molar-refractivity contribution in [2.24, 2.45) is 0 Å². The van der Waals surface area contributed by atoms with Gasteiger partial charge in [0.2, 0.25) is 0 Å². The molecule has 100 valence electrons. The Hall–Kier alpha value is -1.62. The minimum Gasteiger partial charge on any atom is -0.465 e.